The molecule has 0 aromatic heterocycles. The molecule has 5 heteroatoms. The highest BCUT2D eigenvalue weighted by Crippen LogP contribution is 2.41. The third kappa shape index (κ3) is 3.64. The zero-order valence-electron chi connectivity index (χ0n) is 14.5. The molecule has 25 heavy (non-hydrogen) atoms. The average molecular weight is 360 g/mol. The minimum atomic E-state index is -0.506. The van der Waals surface area contributed by atoms with E-state index in [1.807, 2.05) is 37.0 Å². The number of ether oxygens (including phenoxy) is 1. The fourth-order valence-corrected chi connectivity index (χ4v) is 3.55. The Morgan fingerprint density at radius 2 is 2.00 bits per heavy atom. The largest absolute Gasteiger partial charge is 0.486 e. The van der Waals surface area contributed by atoms with Gasteiger partial charge in [0.1, 0.15) is 11.4 Å². The topological polar surface area (TPSA) is 46.6 Å². The lowest BCUT2D eigenvalue weighted by Crippen LogP contribution is -2.52. The van der Waals surface area contributed by atoms with Gasteiger partial charge in [0, 0.05) is 37.0 Å². The van der Waals surface area contributed by atoms with Crippen LogP contribution in [0.4, 0.5) is 0 Å². The summed E-state index contributed by atoms with van der Waals surface area (Å²) < 4.78 is 6.25. The molecule has 0 bridgehead atoms. The number of fused-ring (bicyclic) bond motifs is 1. The number of Topliss-reactive ketones (excluding diaryl/α,β-unsaturated/α-hetero) is 1. The molecule has 2 heterocycles. The molecule has 4 nitrogen and oxygen atoms in total. The van der Waals surface area contributed by atoms with Crippen LogP contribution in [0.1, 0.15) is 42.1 Å². The van der Waals surface area contributed by atoms with E-state index in [4.69, 9.17) is 16.3 Å². The van der Waals surface area contributed by atoms with E-state index in [0.717, 1.165) is 5.56 Å². The predicted molar refractivity (Wildman–Crippen MR) is 98.3 cm³/mol. The first-order valence-corrected chi connectivity index (χ1v) is 8.92. The molecule has 2 aliphatic heterocycles. The second-order valence-corrected chi connectivity index (χ2v) is 7.10. The number of likely N-dealkylation sites (tertiary alicyclic amines) is 1. The lowest BCUT2D eigenvalue weighted by molar-refractivity contribution is -0.129. The van der Waals surface area contributed by atoms with Gasteiger partial charge in [0.25, 0.3) is 0 Å². The van der Waals surface area contributed by atoms with Crippen LogP contribution in [0, 0.1) is 6.92 Å². The summed E-state index contributed by atoms with van der Waals surface area (Å²) in [6.45, 7) is 4.99. The molecule has 1 spiro atoms. The molecule has 3 rings (SSSR count). The van der Waals surface area contributed by atoms with E-state index in [9.17, 15) is 9.59 Å². The number of nitrogens with zero attached hydrogens (tertiary/aromatic N) is 1. The Labute approximate surface area is 153 Å². The van der Waals surface area contributed by atoms with E-state index < -0.39 is 5.60 Å². The molecule has 2 aliphatic rings. The Morgan fingerprint density at radius 1 is 1.28 bits per heavy atom. The van der Waals surface area contributed by atoms with Crippen LogP contribution in [0.15, 0.2) is 36.4 Å². The van der Waals surface area contributed by atoms with Crippen molar-refractivity contribution in [3.63, 3.8) is 0 Å². The van der Waals surface area contributed by atoms with Crippen LogP contribution in [0.2, 0.25) is 5.02 Å². The summed E-state index contributed by atoms with van der Waals surface area (Å²) in [5.41, 5.74) is 0.953. The Kier molecular flexibility index (Phi) is 5.00. The third-order valence-electron chi connectivity index (χ3n) is 4.90. The summed E-state index contributed by atoms with van der Waals surface area (Å²) in [4.78, 5) is 26.6. The highest BCUT2D eigenvalue weighted by atomic mass is 35.5. The van der Waals surface area contributed by atoms with Gasteiger partial charge >= 0.3 is 0 Å². The van der Waals surface area contributed by atoms with Crippen molar-refractivity contribution in [3.8, 4) is 5.75 Å². The number of carbonyl (C=O) groups excluding carboxylic acids is 2. The second kappa shape index (κ2) is 7.04. The molecule has 132 valence electrons. The molecule has 1 aromatic rings. The lowest BCUT2D eigenvalue weighted by atomic mass is 9.82. The summed E-state index contributed by atoms with van der Waals surface area (Å²) in [5.74, 6) is 0.680. The Balaban J connectivity index is 1.72. The van der Waals surface area contributed by atoms with Gasteiger partial charge in [0.15, 0.2) is 5.78 Å². The van der Waals surface area contributed by atoms with Gasteiger partial charge in [-0.3, -0.25) is 9.59 Å². The first-order valence-electron chi connectivity index (χ1n) is 8.55. The Hall–Kier alpha value is -2.07. The van der Waals surface area contributed by atoms with E-state index in [0.29, 0.717) is 48.7 Å². The number of rotatable bonds is 2. The molecule has 0 aliphatic carbocycles. The van der Waals surface area contributed by atoms with E-state index >= 15 is 0 Å². The van der Waals surface area contributed by atoms with Crippen molar-refractivity contribution >= 4 is 23.3 Å². The van der Waals surface area contributed by atoms with E-state index in [1.165, 1.54) is 0 Å². The molecule has 0 radical (unpaired) electrons. The first kappa shape index (κ1) is 17.7. The summed E-state index contributed by atoms with van der Waals surface area (Å²) in [7, 11) is 0. The average Bonchev–Trinajstić information content (AvgIpc) is 2.58. The van der Waals surface area contributed by atoms with Crippen LogP contribution in [0.5, 0.6) is 5.75 Å². The van der Waals surface area contributed by atoms with Crippen molar-refractivity contribution in [2.24, 2.45) is 0 Å². The number of amides is 1. The molecule has 1 saturated heterocycles. The molecular formula is C20H22ClNO3. The van der Waals surface area contributed by atoms with Gasteiger partial charge in [-0.25, -0.2) is 0 Å². The number of piperidine rings is 1. The molecule has 0 unspecified atom stereocenters. The van der Waals surface area contributed by atoms with Crippen LogP contribution in [-0.4, -0.2) is 35.3 Å². The van der Waals surface area contributed by atoms with Crippen molar-refractivity contribution in [1.29, 1.82) is 0 Å². The number of ketones is 1. The fraction of sp³-hybridized carbons (Fsp3) is 0.400. The van der Waals surface area contributed by atoms with Crippen molar-refractivity contribution in [2.75, 3.05) is 13.1 Å². The molecule has 1 fully saturated rings. The highest BCUT2D eigenvalue weighted by Gasteiger charge is 2.43. The number of carbonyl (C=O) groups is 2. The zero-order chi connectivity index (χ0) is 18.0. The number of hydrogen-bond acceptors (Lipinski definition) is 3. The molecule has 0 N–H and O–H groups in total. The molecule has 1 aromatic carbocycles. The number of allylic oxidation sites excluding steroid dienone is 3. The second-order valence-electron chi connectivity index (χ2n) is 6.69. The van der Waals surface area contributed by atoms with Gasteiger partial charge in [0.2, 0.25) is 5.91 Å². The minimum absolute atomic E-state index is 0.00175. The van der Waals surface area contributed by atoms with E-state index in [-0.39, 0.29) is 11.7 Å². The molecular weight excluding hydrogens is 338 g/mol. The maximum Gasteiger partial charge on any atom is 0.246 e. The van der Waals surface area contributed by atoms with Crippen LogP contribution < -0.4 is 4.74 Å². The molecule has 1 amide bonds. The lowest BCUT2D eigenvalue weighted by Gasteiger charge is -2.43. The summed E-state index contributed by atoms with van der Waals surface area (Å²) in [6, 6.07) is 3.54. The van der Waals surface area contributed by atoms with Crippen LogP contribution in [0.25, 0.3) is 0 Å². The molecule has 0 saturated carbocycles. The third-order valence-corrected chi connectivity index (χ3v) is 5.31. The van der Waals surface area contributed by atoms with Gasteiger partial charge in [-0.1, -0.05) is 29.8 Å². The number of benzene rings is 1. The smallest absolute Gasteiger partial charge is 0.246 e. The van der Waals surface area contributed by atoms with Gasteiger partial charge in [0.05, 0.1) is 12.0 Å². The van der Waals surface area contributed by atoms with Crippen molar-refractivity contribution in [3.05, 3.63) is 52.6 Å². The summed E-state index contributed by atoms with van der Waals surface area (Å²) in [6.07, 6.45) is 8.68. The van der Waals surface area contributed by atoms with Crippen LogP contribution in [-0.2, 0) is 4.79 Å². The number of hydrogen-bond donors (Lipinski definition) is 0. The maximum absolute atomic E-state index is 12.6. The van der Waals surface area contributed by atoms with Gasteiger partial charge < -0.3 is 9.64 Å². The predicted octanol–water partition coefficient (Wildman–Crippen LogP) is 4.11. The number of aryl methyl sites for hydroxylation is 1. The first-order chi connectivity index (χ1) is 11.9. The van der Waals surface area contributed by atoms with E-state index in [1.54, 1.807) is 18.2 Å². The molecule has 0 atom stereocenters. The maximum atomic E-state index is 12.6. The highest BCUT2D eigenvalue weighted by molar-refractivity contribution is 6.31. The Morgan fingerprint density at radius 3 is 2.68 bits per heavy atom. The normalized spacial score (nSPS) is 19.5. The standard InChI is InChI=1S/C20H22ClNO3/c1-3-4-5-6-19(24)22-9-7-20(8-10-22)13-17(23)15-12-16(21)14(2)11-18(15)25-20/h3-6,11-12H,7-10,13H2,1-2H3/b4-3+,6-5+. The quantitative estimate of drug-likeness (QED) is 0.589. The van der Waals surface area contributed by atoms with Gasteiger partial charge in [-0.05, 0) is 31.5 Å². The minimum Gasteiger partial charge on any atom is -0.486 e. The van der Waals surface area contributed by atoms with Crippen molar-refractivity contribution in [1.82, 2.24) is 4.90 Å². The number of halogens is 1. The van der Waals surface area contributed by atoms with Gasteiger partial charge in [-0.2, -0.15) is 0 Å². The van der Waals surface area contributed by atoms with E-state index in [2.05, 4.69) is 0 Å². The summed E-state index contributed by atoms with van der Waals surface area (Å²) in [5, 5.41) is 0.583. The van der Waals surface area contributed by atoms with Gasteiger partial charge in [-0.15, -0.1) is 0 Å². The van der Waals surface area contributed by atoms with Crippen LogP contribution >= 0.6 is 11.6 Å². The van der Waals surface area contributed by atoms with Crippen molar-refractivity contribution < 1.29 is 14.3 Å². The zero-order valence-corrected chi connectivity index (χ0v) is 15.3. The monoisotopic (exact) mass is 359 g/mol. The summed E-state index contributed by atoms with van der Waals surface area (Å²) >= 11 is 6.13. The van der Waals surface area contributed by atoms with Crippen LogP contribution in [0.3, 0.4) is 0 Å². The SMILES string of the molecule is C/C=C/C=C/C(=O)N1CCC2(CC1)CC(=O)c1cc(Cl)c(C)cc1O2. The Bertz CT molecular complexity index is 758. The van der Waals surface area contributed by atoms with Crippen molar-refractivity contribution in [2.45, 2.75) is 38.7 Å². The fourth-order valence-electron chi connectivity index (χ4n) is 3.38.